The number of nitrogens with zero attached hydrogens (tertiary/aromatic N) is 2. The van der Waals surface area contributed by atoms with Crippen LogP contribution in [0.3, 0.4) is 0 Å². The Bertz CT molecular complexity index is 325. The van der Waals surface area contributed by atoms with Gasteiger partial charge < -0.3 is 0 Å². The van der Waals surface area contributed by atoms with Crippen molar-refractivity contribution < 1.29 is 4.39 Å². The lowest BCUT2D eigenvalue weighted by atomic mass is 9.93. The number of hydrogen-bond acceptors (Lipinski definition) is 2. The molecular formula is C17H29FN2. The summed E-state index contributed by atoms with van der Waals surface area (Å²) in [4.78, 5) is 8.38. The van der Waals surface area contributed by atoms with Gasteiger partial charge in [0.1, 0.15) is 5.82 Å². The maximum absolute atomic E-state index is 12.9. The van der Waals surface area contributed by atoms with E-state index in [9.17, 15) is 4.39 Å². The van der Waals surface area contributed by atoms with Crippen molar-refractivity contribution in [3.63, 3.8) is 0 Å². The van der Waals surface area contributed by atoms with Gasteiger partial charge in [-0.1, -0.05) is 65.2 Å². The van der Waals surface area contributed by atoms with E-state index in [0.29, 0.717) is 5.92 Å². The van der Waals surface area contributed by atoms with Gasteiger partial charge in [0.05, 0.1) is 12.4 Å². The third kappa shape index (κ3) is 6.97. The molecule has 0 radical (unpaired) electrons. The fourth-order valence-electron chi connectivity index (χ4n) is 2.57. The lowest BCUT2D eigenvalue weighted by Gasteiger charge is -2.15. The molecule has 0 atom stereocenters. The minimum atomic E-state index is -0.343. The minimum absolute atomic E-state index is 0.343. The molecule has 0 N–H and O–H groups in total. The van der Waals surface area contributed by atoms with E-state index in [1.165, 1.54) is 63.8 Å². The zero-order valence-corrected chi connectivity index (χ0v) is 13.1. The van der Waals surface area contributed by atoms with Crippen LogP contribution in [0.1, 0.15) is 89.8 Å². The summed E-state index contributed by atoms with van der Waals surface area (Å²) in [6.07, 6.45) is 15.0. The molecule has 0 bridgehead atoms. The Balaban J connectivity index is 2.47. The summed E-state index contributed by atoms with van der Waals surface area (Å²) in [5.41, 5.74) is 0. The van der Waals surface area contributed by atoms with Crippen LogP contribution in [0.5, 0.6) is 0 Å². The largest absolute Gasteiger partial charge is 0.238 e. The van der Waals surface area contributed by atoms with Crippen LogP contribution in [0.15, 0.2) is 12.4 Å². The number of rotatable bonds is 11. The summed E-state index contributed by atoms with van der Waals surface area (Å²) < 4.78 is 12.9. The van der Waals surface area contributed by atoms with Crippen LogP contribution in [-0.4, -0.2) is 9.97 Å². The Morgan fingerprint density at radius 2 is 1.35 bits per heavy atom. The number of halogens is 1. The minimum Gasteiger partial charge on any atom is -0.238 e. The van der Waals surface area contributed by atoms with Gasteiger partial charge in [-0.3, -0.25) is 0 Å². The monoisotopic (exact) mass is 280 g/mol. The number of unbranched alkanes of at least 4 members (excludes halogenated alkanes) is 6. The van der Waals surface area contributed by atoms with Gasteiger partial charge in [0.2, 0.25) is 0 Å². The van der Waals surface area contributed by atoms with Gasteiger partial charge in [-0.25, -0.2) is 14.4 Å². The third-order valence-electron chi connectivity index (χ3n) is 3.82. The highest BCUT2D eigenvalue weighted by molar-refractivity contribution is 4.98. The molecule has 1 aromatic heterocycles. The van der Waals surface area contributed by atoms with Crippen molar-refractivity contribution in [2.24, 2.45) is 0 Å². The van der Waals surface area contributed by atoms with Gasteiger partial charge in [-0.05, 0) is 12.8 Å². The zero-order valence-electron chi connectivity index (χ0n) is 13.1. The molecular weight excluding hydrogens is 251 g/mol. The summed E-state index contributed by atoms with van der Waals surface area (Å²) >= 11 is 0. The van der Waals surface area contributed by atoms with Gasteiger partial charge in [0.25, 0.3) is 0 Å². The second-order valence-corrected chi connectivity index (χ2v) is 5.66. The highest BCUT2D eigenvalue weighted by atomic mass is 19.1. The predicted molar refractivity (Wildman–Crippen MR) is 82.2 cm³/mol. The Labute approximate surface area is 123 Å². The molecule has 0 fully saturated rings. The van der Waals surface area contributed by atoms with E-state index in [2.05, 4.69) is 23.8 Å². The lowest BCUT2D eigenvalue weighted by Crippen LogP contribution is -2.05. The molecule has 0 aliphatic heterocycles. The number of aromatic nitrogens is 2. The second kappa shape index (κ2) is 10.8. The first-order valence-corrected chi connectivity index (χ1v) is 8.25. The molecule has 114 valence electrons. The van der Waals surface area contributed by atoms with E-state index >= 15 is 0 Å². The average Bonchev–Trinajstić information content (AvgIpc) is 2.47. The van der Waals surface area contributed by atoms with Crippen molar-refractivity contribution in [2.45, 2.75) is 84.0 Å². The van der Waals surface area contributed by atoms with Crippen LogP contribution in [-0.2, 0) is 0 Å². The molecule has 1 heterocycles. The molecule has 0 amide bonds. The lowest BCUT2D eigenvalue weighted by molar-refractivity contribution is 0.476. The molecule has 1 rings (SSSR count). The first-order valence-electron chi connectivity index (χ1n) is 8.25. The highest BCUT2D eigenvalue weighted by Crippen LogP contribution is 2.26. The quantitative estimate of drug-likeness (QED) is 0.490. The van der Waals surface area contributed by atoms with E-state index in [0.717, 1.165) is 18.7 Å². The average molecular weight is 280 g/mol. The SMILES string of the molecule is CCCCCCC(CCCCCC)c1ncc(F)cn1. The summed E-state index contributed by atoms with van der Waals surface area (Å²) in [5, 5.41) is 0. The Morgan fingerprint density at radius 3 is 1.80 bits per heavy atom. The van der Waals surface area contributed by atoms with E-state index in [1.807, 2.05) is 0 Å². The molecule has 0 saturated heterocycles. The fourth-order valence-corrected chi connectivity index (χ4v) is 2.57. The Hall–Kier alpha value is -0.990. The summed E-state index contributed by atoms with van der Waals surface area (Å²) in [5.74, 6) is 0.896. The summed E-state index contributed by atoms with van der Waals surface area (Å²) in [6.45, 7) is 4.45. The predicted octanol–water partition coefficient (Wildman–Crippen LogP) is 5.64. The van der Waals surface area contributed by atoms with Crippen molar-refractivity contribution in [1.82, 2.24) is 9.97 Å². The van der Waals surface area contributed by atoms with E-state index < -0.39 is 0 Å². The molecule has 0 aliphatic carbocycles. The molecule has 0 spiro atoms. The molecule has 1 aromatic rings. The fraction of sp³-hybridized carbons (Fsp3) is 0.765. The Morgan fingerprint density at radius 1 is 0.850 bits per heavy atom. The highest BCUT2D eigenvalue weighted by Gasteiger charge is 2.14. The van der Waals surface area contributed by atoms with Crippen LogP contribution in [0.25, 0.3) is 0 Å². The van der Waals surface area contributed by atoms with Crippen LogP contribution in [0, 0.1) is 5.82 Å². The van der Waals surface area contributed by atoms with Crippen LogP contribution in [0.4, 0.5) is 4.39 Å². The molecule has 0 saturated carbocycles. The molecule has 20 heavy (non-hydrogen) atoms. The standard InChI is InChI=1S/C17H29FN2/c1-3-5-7-9-11-15(12-10-8-6-4-2)17-19-13-16(18)14-20-17/h13-15H,3-12H2,1-2H3. The summed E-state index contributed by atoms with van der Waals surface area (Å²) in [6, 6.07) is 0. The number of hydrogen-bond donors (Lipinski definition) is 0. The molecule has 3 heteroatoms. The third-order valence-corrected chi connectivity index (χ3v) is 3.82. The van der Waals surface area contributed by atoms with Crippen LogP contribution >= 0.6 is 0 Å². The van der Waals surface area contributed by atoms with E-state index in [-0.39, 0.29) is 5.82 Å². The second-order valence-electron chi connectivity index (χ2n) is 5.66. The van der Waals surface area contributed by atoms with Crippen molar-refractivity contribution >= 4 is 0 Å². The van der Waals surface area contributed by atoms with Crippen LogP contribution in [0.2, 0.25) is 0 Å². The maximum Gasteiger partial charge on any atom is 0.159 e. The van der Waals surface area contributed by atoms with Gasteiger partial charge in [0, 0.05) is 5.92 Å². The molecule has 0 unspecified atom stereocenters. The van der Waals surface area contributed by atoms with Crippen molar-refractivity contribution in [2.75, 3.05) is 0 Å². The van der Waals surface area contributed by atoms with Gasteiger partial charge in [-0.15, -0.1) is 0 Å². The van der Waals surface area contributed by atoms with Crippen LogP contribution < -0.4 is 0 Å². The first-order chi connectivity index (χ1) is 9.77. The van der Waals surface area contributed by atoms with Gasteiger partial charge in [-0.2, -0.15) is 0 Å². The molecule has 0 aliphatic rings. The first kappa shape index (κ1) is 17.1. The normalized spacial score (nSPS) is 11.2. The molecule has 2 nitrogen and oxygen atoms in total. The van der Waals surface area contributed by atoms with Gasteiger partial charge in [0.15, 0.2) is 5.82 Å². The Kier molecular flexibility index (Phi) is 9.18. The van der Waals surface area contributed by atoms with Crippen molar-refractivity contribution in [3.05, 3.63) is 24.0 Å². The smallest absolute Gasteiger partial charge is 0.159 e. The van der Waals surface area contributed by atoms with Gasteiger partial charge >= 0.3 is 0 Å². The van der Waals surface area contributed by atoms with Crippen molar-refractivity contribution in [1.29, 1.82) is 0 Å². The van der Waals surface area contributed by atoms with Crippen molar-refractivity contribution in [3.8, 4) is 0 Å². The van der Waals surface area contributed by atoms with E-state index in [4.69, 9.17) is 0 Å². The summed E-state index contributed by atoms with van der Waals surface area (Å²) in [7, 11) is 0. The molecule has 0 aromatic carbocycles. The van der Waals surface area contributed by atoms with E-state index in [1.54, 1.807) is 0 Å². The zero-order chi connectivity index (χ0) is 14.6. The topological polar surface area (TPSA) is 25.8 Å². The maximum atomic E-state index is 12.9.